The van der Waals surface area contributed by atoms with Crippen molar-refractivity contribution < 1.29 is 23.6 Å². The van der Waals surface area contributed by atoms with Crippen molar-refractivity contribution in [2.24, 2.45) is 5.92 Å². The lowest BCUT2D eigenvalue weighted by molar-refractivity contribution is -0.129. The summed E-state index contributed by atoms with van der Waals surface area (Å²) in [5.74, 6) is -1.59. The number of benzene rings is 2. The van der Waals surface area contributed by atoms with Crippen LogP contribution in [0.2, 0.25) is 0 Å². The number of carbonyl (C=O) groups is 4. The van der Waals surface area contributed by atoms with Crippen molar-refractivity contribution in [3.63, 3.8) is 0 Å². The summed E-state index contributed by atoms with van der Waals surface area (Å²) in [5, 5.41) is 2.32. The minimum Gasteiger partial charge on any atom is -0.354 e. The minimum absolute atomic E-state index is 0.0373. The number of hydrogen-bond acceptors (Lipinski definition) is 5. The quantitative estimate of drug-likeness (QED) is 0.586. The maximum atomic E-state index is 13.1. The monoisotopic (exact) mass is 481 g/mol. The zero-order valence-electron chi connectivity index (χ0n) is 18.4. The lowest BCUT2D eigenvalue weighted by atomic mass is 10.1. The number of halogens is 1. The zero-order valence-corrected chi connectivity index (χ0v) is 19.2. The van der Waals surface area contributed by atoms with Gasteiger partial charge in [0, 0.05) is 32.6 Å². The second-order valence-electron chi connectivity index (χ2n) is 8.15. The van der Waals surface area contributed by atoms with Gasteiger partial charge in [-0.3, -0.25) is 24.1 Å². The first kappa shape index (κ1) is 23.7. The number of hydrogen-bond donors (Lipinski definition) is 1. The van der Waals surface area contributed by atoms with Crippen molar-refractivity contribution >= 4 is 40.8 Å². The van der Waals surface area contributed by atoms with Gasteiger partial charge in [0.1, 0.15) is 5.82 Å². The molecule has 2 fully saturated rings. The van der Waals surface area contributed by atoms with Crippen molar-refractivity contribution in [1.82, 2.24) is 15.1 Å². The van der Waals surface area contributed by atoms with Crippen LogP contribution in [0, 0.1) is 11.7 Å². The van der Waals surface area contributed by atoms with Gasteiger partial charge in [0.15, 0.2) is 0 Å². The van der Waals surface area contributed by atoms with Crippen LogP contribution in [0.4, 0.5) is 9.18 Å². The standard InChI is InChI=1S/C25H24FN3O4S/c26-20-8-6-18(7-9-20)14-21-24(32)29(25(33)34-21)13-11-27-23(31)19-15-22(30)28(16-19)12-10-17-4-2-1-3-5-17/h1-9,14,19H,10-13,15-16H2,(H,27,31). The SMILES string of the molecule is O=C(NCCN1C(=O)SC(=Cc2ccc(F)cc2)C1=O)C1CC(=O)N(CCc2ccccc2)C1. The topological polar surface area (TPSA) is 86.8 Å². The smallest absolute Gasteiger partial charge is 0.293 e. The van der Waals surface area contributed by atoms with E-state index in [9.17, 15) is 23.6 Å². The highest BCUT2D eigenvalue weighted by Gasteiger charge is 2.36. The Morgan fingerprint density at radius 2 is 1.79 bits per heavy atom. The van der Waals surface area contributed by atoms with E-state index in [4.69, 9.17) is 0 Å². The first-order valence-electron chi connectivity index (χ1n) is 11.0. The van der Waals surface area contributed by atoms with Gasteiger partial charge in [-0.2, -0.15) is 0 Å². The van der Waals surface area contributed by atoms with Crippen molar-refractivity contribution in [3.05, 3.63) is 76.4 Å². The number of nitrogens with one attached hydrogen (secondary N) is 1. The maximum absolute atomic E-state index is 13.1. The average Bonchev–Trinajstić information content (AvgIpc) is 3.33. The van der Waals surface area contributed by atoms with E-state index in [0.717, 1.165) is 28.6 Å². The van der Waals surface area contributed by atoms with Crippen LogP contribution in [0.5, 0.6) is 0 Å². The molecule has 2 aromatic rings. The zero-order chi connectivity index (χ0) is 24.1. The van der Waals surface area contributed by atoms with Crippen LogP contribution in [0.1, 0.15) is 17.5 Å². The van der Waals surface area contributed by atoms with E-state index in [0.29, 0.717) is 18.7 Å². The molecule has 4 rings (SSSR count). The van der Waals surface area contributed by atoms with E-state index >= 15 is 0 Å². The number of amides is 4. The van der Waals surface area contributed by atoms with Crippen molar-refractivity contribution in [3.8, 4) is 0 Å². The van der Waals surface area contributed by atoms with Gasteiger partial charge in [-0.15, -0.1) is 0 Å². The molecule has 0 aromatic heterocycles. The van der Waals surface area contributed by atoms with Gasteiger partial charge in [-0.1, -0.05) is 42.5 Å². The number of nitrogens with zero attached hydrogens (tertiary/aromatic N) is 2. The Labute approximate surface area is 201 Å². The van der Waals surface area contributed by atoms with E-state index < -0.39 is 17.1 Å². The van der Waals surface area contributed by atoms with E-state index in [1.54, 1.807) is 4.90 Å². The average molecular weight is 482 g/mol. The van der Waals surface area contributed by atoms with E-state index in [2.05, 4.69) is 5.32 Å². The third kappa shape index (κ3) is 5.72. The van der Waals surface area contributed by atoms with Crippen molar-refractivity contribution in [2.45, 2.75) is 12.8 Å². The number of carbonyl (C=O) groups excluding carboxylic acids is 4. The molecule has 2 saturated heterocycles. The van der Waals surface area contributed by atoms with Gasteiger partial charge in [-0.25, -0.2) is 4.39 Å². The molecular weight excluding hydrogens is 457 g/mol. The second-order valence-corrected chi connectivity index (χ2v) is 9.15. The normalized spacial score (nSPS) is 19.4. The molecule has 4 amide bonds. The third-order valence-electron chi connectivity index (χ3n) is 5.77. The molecule has 1 N–H and O–H groups in total. The van der Waals surface area contributed by atoms with E-state index in [-0.39, 0.29) is 42.0 Å². The fraction of sp³-hybridized carbons (Fsp3) is 0.280. The van der Waals surface area contributed by atoms with Gasteiger partial charge >= 0.3 is 0 Å². The summed E-state index contributed by atoms with van der Waals surface area (Å²) in [6.07, 6.45) is 2.42. The predicted molar refractivity (Wildman–Crippen MR) is 127 cm³/mol. The predicted octanol–water partition coefficient (Wildman–Crippen LogP) is 3.07. The van der Waals surface area contributed by atoms with Gasteiger partial charge in [0.2, 0.25) is 11.8 Å². The van der Waals surface area contributed by atoms with Crippen molar-refractivity contribution in [2.75, 3.05) is 26.2 Å². The molecule has 2 aromatic carbocycles. The molecule has 7 nitrogen and oxygen atoms in total. The fourth-order valence-electron chi connectivity index (χ4n) is 3.91. The first-order valence-corrected chi connectivity index (χ1v) is 11.8. The molecule has 176 valence electrons. The second kappa shape index (κ2) is 10.6. The fourth-order valence-corrected chi connectivity index (χ4v) is 4.78. The largest absolute Gasteiger partial charge is 0.354 e. The Bertz CT molecular complexity index is 1120. The molecular formula is C25H24FN3O4S. The van der Waals surface area contributed by atoms with Crippen LogP contribution in [0.3, 0.4) is 0 Å². The molecule has 0 aliphatic carbocycles. The molecule has 0 spiro atoms. The molecule has 2 aliphatic heterocycles. The van der Waals surface area contributed by atoms with Crippen LogP contribution in [-0.4, -0.2) is 58.9 Å². The Hall–Kier alpha value is -3.46. The Balaban J connectivity index is 1.24. The molecule has 34 heavy (non-hydrogen) atoms. The lowest BCUT2D eigenvalue weighted by Crippen LogP contribution is -2.40. The number of rotatable bonds is 8. The highest BCUT2D eigenvalue weighted by atomic mass is 32.2. The van der Waals surface area contributed by atoms with E-state index in [1.807, 2.05) is 30.3 Å². The summed E-state index contributed by atoms with van der Waals surface area (Å²) >= 11 is 0.810. The molecule has 0 radical (unpaired) electrons. The molecule has 9 heteroatoms. The Morgan fingerprint density at radius 1 is 1.06 bits per heavy atom. The van der Waals surface area contributed by atoms with Crippen molar-refractivity contribution in [1.29, 1.82) is 0 Å². The maximum Gasteiger partial charge on any atom is 0.293 e. The summed E-state index contributed by atoms with van der Waals surface area (Å²) in [4.78, 5) is 52.7. The molecule has 2 aliphatic rings. The molecule has 2 heterocycles. The van der Waals surface area contributed by atoms with Gasteiger partial charge in [0.25, 0.3) is 11.1 Å². The van der Waals surface area contributed by atoms with Crippen LogP contribution < -0.4 is 5.32 Å². The summed E-state index contributed by atoms with van der Waals surface area (Å²) in [5.41, 5.74) is 1.75. The van der Waals surface area contributed by atoms with Crippen LogP contribution >= 0.6 is 11.8 Å². The first-order chi connectivity index (χ1) is 16.4. The van der Waals surface area contributed by atoms with Gasteiger partial charge < -0.3 is 10.2 Å². The molecule has 1 atom stereocenters. The number of imide groups is 1. The number of thioether (sulfide) groups is 1. The molecule has 0 saturated carbocycles. The number of likely N-dealkylation sites (tertiary alicyclic amines) is 1. The molecule has 1 unspecified atom stereocenters. The Morgan fingerprint density at radius 3 is 2.53 bits per heavy atom. The Kier molecular flexibility index (Phi) is 7.42. The molecule has 0 bridgehead atoms. The minimum atomic E-state index is -0.448. The van der Waals surface area contributed by atoms with E-state index in [1.165, 1.54) is 30.3 Å². The highest BCUT2D eigenvalue weighted by molar-refractivity contribution is 8.18. The van der Waals surface area contributed by atoms with Crippen LogP contribution in [-0.2, 0) is 20.8 Å². The summed E-state index contributed by atoms with van der Waals surface area (Å²) in [6.45, 7) is 1.06. The lowest BCUT2D eigenvalue weighted by Gasteiger charge is -2.17. The van der Waals surface area contributed by atoms with Gasteiger partial charge in [0.05, 0.1) is 10.8 Å². The summed E-state index contributed by atoms with van der Waals surface area (Å²) in [7, 11) is 0. The van der Waals surface area contributed by atoms with Crippen LogP contribution in [0.25, 0.3) is 6.08 Å². The van der Waals surface area contributed by atoms with Crippen LogP contribution in [0.15, 0.2) is 59.5 Å². The van der Waals surface area contributed by atoms with Gasteiger partial charge in [-0.05, 0) is 47.5 Å². The highest BCUT2D eigenvalue weighted by Crippen LogP contribution is 2.32. The summed E-state index contributed by atoms with van der Waals surface area (Å²) in [6, 6.07) is 15.5. The third-order valence-corrected chi connectivity index (χ3v) is 6.68. The summed E-state index contributed by atoms with van der Waals surface area (Å²) < 4.78 is 13.1.